The Bertz CT molecular complexity index is 1210. The van der Waals surface area contributed by atoms with Gasteiger partial charge in [0.2, 0.25) is 15.9 Å². The van der Waals surface area contributed by atoms with E-state index < -0.39 is 27.9 Å². The smallest absolute Gasteiger partial charge is 0.338 e. The number of anilines is 1. The third-order valence-electron chi connectivity index (χ3n) is 4.93. The number of methoxy groups -OCH3 is 1. The molecule has 3 aromatic carbocycles. The van der Waals surface area contributed by atoms with Crippen LogP contribution >= 0.6 is 0 Å². The number of rotatable bonds is 10. The number of hydrogen-bond acceptors (Lipinski definition) is 6. The number of esters is 1. The average molecular weight is 483 g/mol. The number of ether oxygens (including phenoxy) is 2. The van der Waals surface area contributed by atoms with Crippen molar-refractivity contribution in [2.45, 2.75) is 24.3 Å². The van der Waals surface area contributed by atoms with E-state index in [2.05, 4.69) is 10.0 Å². The van der Waals surface area contributed by atoms with Gasteiger partial charge in [-0.05, 0) is 67.4 Å². The Balaban J connectivity index is 1.80. The van der Waals surface area contributed by atoms with Crippen molar-refractivity contribution in [3.63, 3.8) is 0 Å². The standard InChI is InChI=1S/C25H26N2O6S/c1-3-33-25(29)19-9-11-20(12-10-19)26-24(28)23(17-18-7-5-4-6-8-18)27-34(30,31)22-15-13-21(32-2)14-16-22/h4-16,23,27H,3,17H2,1-2H3,(H,26,28). The number of amides is 1. The summed E-state index contributed by atoms with van der Waals surface area (Å²) >= 11 is 0. The van der Waals surface area contributed by atoms with E-state index in [-0.39, 0.29) is 17.9 Å². The molecule has 8 nitrogen and oxygen atoms in total. The highest BCUT2D eigenvalue weighted by Gasteiger charge is 2.26. The minimum absolute atomic E-state index is 0.0120. The molecule has 9 heteroatoms. The maximum Gasteiger partial charge on any atom is 0.338 e. The van der Waals surface area contributed by atoms with E-state index >= 15 is 0 Å². The lowest BCUT2D eigenvalue weighted by atomic mass is 10.1. The SMILES string of the molecule is CCOC(=O)c1ccc(NC(=O)C(Cc2ccccc2)NS(=O)(=O)c2ccc(OC)cc2)cc1. The van der Waals surface area contributed by atoms with E-state index in [4.69, 9.17) is 9.47 Å². The van der Waals surface area contributed by atoms with E-state index in [1.807, 2.05) is 30.3 Å². The molecule has 2 N–H and O–H groups in total. The average Bonchev–Trinajstić information content (AvgIpc) is 2.85. The quantitative estimate of drug-likeness (QED) is 0.429. The molecule has 1 unspecified atom stereocenters. The fraction of sp³-hybridized carbons (Fsp3) is 0.200. The lowest BCUT2D eigenvalue weighted by Crippen LogP contribution is -2.45. The molecule has 1 amide bonds. The summed E-state index contributed by atoms with van der Waals surface area (Å²) in [5, 5.41) is 2.71. The number of carbonyl (C=O) groups is 2. The highest BCUT2D eigenvalue weighted by Crippen LogP contribution is 2.17. The minimum atomic E-state index is -3.99. The zero-order valence-electron chi connectivity index (χ0n) is 18.9. The molecule has 1 atom stereocenters. The predicted molar refractivity (Wildman–Crippen MR) is 128 cm³/mol. The van der Waals surface area contributed by atoms with Crippen molar-refractivity contribution in [1.29, 1.82) is 0 Å². The van der Waals surface area contributed by atoms with Crippen LogP contribution in [0.25, 0.3) is 0 Å². The first kappa shape index (κ1) is 24.9. The van der Waals surface area contributed by atoms with E-state index in [9.17, 15) is 18.0 Å². The van der Waals surface area contributed by atoms with Gasteiger partial charge < -0.3 is 14.8 Å². The van der Waals surface area contributed by atoms with E-state index in [1.165, 1.54) is 43.5 Å². The number of carbonyl (C=O) groups excluding carboxylic acids is 2. The molecule has 3 aromatic rings. The number of benzene rings is 3. The van der Waals surface area contributed by atoms with Crippen molar-refractivity contribution >= 4 is 27.6 Å². The van der Waals surface area contributed by atoms with Crippen molar-refractivity contribution < 1.29 is 27.5 Å². The molecule has 0 saturated carbocycles. The van der Waals surface area contributed by atoms with Crippen LogP contribution in [0.1, 0.15) is 22.8 Å². The molecule has 0 bridgehead atoms. The van der Waals surface area contributed by atoms with E-state index in [0.29, 0.717) is 17.0 Å². The number of sulfonamides is 1. The van der Waals surface area contributed by atoms with Gasteiger partial charge in [-0.2, -0.15) is 4.72 Å². The van der Waals surface area contributed by atoms with E-state index in [0.717, 1.165) is 5.56 Å². The molecule has 0 saturated heterocycles. The summed E-state index contributed by atoms with van der Waals surface area (Å²) in [5.74, 6) is -0.483. The molecule has 0 aliphatic heterocycles. The van der Waals surface area contributed by atoms with Gasteiger partial charge in [0.1, 0.15) is 11.8 Å². The Morgan fingerprint density at radius 3 is 2.15 bits per heavy atom. The first-order valence-electron chi connectivity index (χ1n) is 10.6. The Kier molecular flexibility index (Phi) is 8.39. The van der Waals surface area contributed by atoms with Gasteiger partial charge in [0, 0.05) is 5.69 Å². The maximum atomic E-state index is 13.1. The summed E-state index contributed by atoms with van der Waals surface area (Å²) in [5.41, 5.74) is 1.55. The van der Waals surface area contributed by atoms with Gasteiger partial charge in [0.05, 0.1) is 24.2 Å². The highest BCUT2D eigenvalue weighted by atomic mass is 32.2. The summed E-state index contributed by atoms with van der Waals surface area (Å²) in [4.78, 5) is 24.9. The van der Waals surface area contributed by atoms with Crippen LogP contribution in [-0.2, 0) is 26.0 Å². The molecule has 0 radical (unpaired) electrons. The third kappa shape index (κ3) is 6.66. The van der Waals surface area contributed by atoms with Crippen LogP contribution in [0.15, 0.2) is 83.8 Å². The zero-order valence-corrected chi connectivity index (χ0v) is 19.7. The van der Waals surface area contributed by atoms with Crippen molar-refractivity contribution in [3.8, 4) is 5.75 Å². The van der Waals surface area contributed by atoms with Crippen LogP contribution in [-0.4, -0.2) is 40.1 Å². The molecule has 0 spiro atoms. The van der Waals surface area contributed by atoms with Crippen LogP contribution in [0.3, 0.4) is 0 Å². The van der Waals surface area contributed by atoms with Crippen molar-refractivity contribution in [3.05, 3.63) is 90.0 Å². The molecule has 0 fully saturated rings. The first-order chi connectivity index (χ1) is 16.3. The summed E-state index contributed by atoms with van der Waals surface area (Å²) in [7, 11) is -2.51. The van der Waals surface area contributed by atoms with Crippen molar-refractivity contribution in [2.75, 3.05) is 19.0 Å². The van der Waals surface area contributed by atoms with Gasteiger partial charge in [0.25, 0.3) is 0 Å². The van der Waals surface area contributed by atoms with Gasteiger partial charge in [-0.1, -0.05) is 30.3 Å². The van der Waals surface area contributed by atoms with Crippen molar-refractivity contribution in [2.24, 2.45) is 0 Å². The fourth-order valence-corrected chi connectivity index (χ4v) is 4.38. The molecular formula is C25H26N2O6S. The monoisotopic (exact) mass is 482 g/mol. The van der Waals surface area contributed by atoms with Gasteiger partial charge in [-0.3, -0.25) is 4.79 Å². The minimum Gasteiger partial charge on any atom is -0.497 e. The molecular weight excluding hydrogens is 456 g/mol. The Morgan fingerprint density at radius 1 is 0.912 bits per heavy atom. The van der Waals surface area contributed by atoms with Gasteiger partial charge in [-0.15, -0.1) is 0 Å². The summed E-state index contributed by atoms with van der Waals surface area (Å²) in [6.07, 6.45) is 0.142. The zero-order chi connectivity index (χ0) is 24.6. The second kappa shape index (κ2) is 11.4. The fourth-order valence-electron chi connectivity index (χ4n) is 3.18. The van der Waals surface area contributed by atoms with Crippen LogP contribution in [0.4, 0.5) is 5.69 Å². The Hall–Kier alpha value is -3.69. The third-order valence-corrected chi connectivity index (χ3v) is 6.42. The van der Waals surface area contributed by atoms with Gasteiger partial charge in [-0.25, -0.2) is 13.2 Å². The highest BCUT2D eigenvalue weighted by molar-refractivity contribution is 7.89. The van der Waals surface area contributed by atoms with Gasteiger partial charge in [0.15, 0.2) is 0 Å². The largest absolute Gasteiger partial charge is 0.497 e. The summed E-state index contributed by atoms with van der Waals surface area (Å²) in [6, 6.07) is 20.1. The summed E-state index contributed by atoms with van der Waals surface area (Å²) in [6.45, 7) is 1.97. The molecule has 178 valence electrons. The first-order valence-corrected chi connectivity index (χ1v) is 12.1. The van der Waals surface area contributed by atoms with Gasteiger partial charge >= 0.3 is 5.97 Å². The van der Waals surface area contributed by atoms with E-state index in [1.54, 1.807) is 19.1 Å². The normalized spacial score (nSPS) is 11.9. The molecule has 0 aromatic heterocycles. The van der Waals surface area contributed by atoms with Crippen LogP contribution in [0.5, 0.6) is 5.75 Å². The Labute approximate surface area is 199 Å². The molecule has 0 heterocycles. The maximum absolute atomic E-state index is 13.1. The molecule has 0 aliphatic carbocycles. The Morgan fingerprint density at radius 2 is 1.56 bits per heavy atom. The van der Waals surface area contributed by atoms with Crippen molar-refractivity contribution in [1.82, 2.24) is 4.72 Å². The predicted octanol–water partition coefficient (Wildman–Crippen LogP) is 3.40. The molecule has 3 rings (SSSR count). The molecule has 0 aliphatic rings. The van der Waals surface area contributed by atoms with Crippen LogP contribution in [0, 0.1) is 0 Å². The lowest BCUT2D eigenvalue weighted by molar-refractivity contribution is -0.117. The second-order valence-corrected chi connectivity index (χ2v) is 9.04. The lowest BCUT2D eigenvalue weighted by Gasteiger charge is -2.19. The summed E-state index contributed by atoms with van der Waals surface area (Å²) < 4.78 is 38.5. The van der Waals surface area contributed by atoms with Crippen LogP contribution < -0.4 is 14.8 Å². The number of hydrogen-bond donors (Lipinski definition) is 2. The molecule has 34 heavy (non-hydrogen) atoms. The van der Waals surface area contributed by atoms with Crippen LogP contribution in [0.2, 0.25) is 0 Å². The second-order valence-electron chi connectivity index (χ2n) is 7.33. The topological polar surface area (TPSA) is 111 Å². The number of nitrogens with one attached hydrogen (secondary N) is 2.